The lowest BCUT2D eigenvalue weighted by molar-refractivity contribution is 0.302. The van der Waals surface area contributed by atoms with Crippen LogP contribution < -0.4 is 10.1 Å². The van der Waals surface area contributed by atoms with E-state index in [9.17, 15) is 0 Å². The highest BCUT2D eigenvalue weighted by Crippen LogP contribution is 2.57. The van der Waals surface area contributed by atoms with Crippen molar-refractivity contribution in [1.82, 2.24) is 5.32 Å². The summed E-state index contributed by atoms with van der Waals surface area (Å²) in [7, 11) is 0. The predicted octanol–water partition coefficient (Wildman–Crippen LogP) is 4.31. The minimum atomic E-state index is 0.492. The zero-order valence-electron chi connectivity index (χ0n) is 13.1. The fourth-order valence-electron chi connectivity index (χ4n) is 4.02. The summed E-state index contributed by atoms with van der Waals surface area (Å²) in [5, 5.41) is 3.80. The van der Waals surface area contributed by atoms with Crippen LogP contribution in [0.15, 0.2) is 24.3 Å². The molecule has 3 unspecified atom stereocenters. The Morgan fingerprint density at radius 1 is 1.10 bits per heavy atom. The Hall–Kier alpha value is -1.02. The second-order valence-corrected chi connectivity index (χ2v) is 7.31. The van der Waals surface area contributed by atoms with Gasteiger partial charge in [0.1, 0.15) is 5.75 Å². The van der Waals surface area contributed by atoms with Gasteiger partial charge in [0.25, 0.3) is 0 Å². The fourth-order valence-corrected chi connectivity index (χ4v) is 4.02. The molecule has 0 amide bonds. The Bertz CT molecular complexity index is 469. The topological polar surface area (TPSA) is 21.3 Å². The number of hydrogen-bond acceptors (Lipinski definition) is 2. The zero-order valence-corrected chi connectivity index (χ0v) is 13.1. The van der Waals surface area contributed by atoms with Crippen LogP contribution in [-0.4, -0.2) is 12.6 Å². The zero-order chi connectivity index (χ0) is 14.2. The summed E-state index contributed by atoms with van der Waals surface area (Å²) in [6.45, 7) is 3.37. The summed E-state index contributed by atoms with van der Waals surface area (Å²) in [4.78, 5) is 0. The maximum atomic E-state index is 5.87. The number of rotatable bonds is 7. The number of nitrogens with one attached hydrogen (secondary N) is 1. The molecule has 3 aliphatic rings. The van der Waals surface area contributed by atoms with Crippen molar-refractivity contribution in [3.8, 4) is 5.75 Å². The van der Waals surface area contributed by atoms with E-state index in [1.807, 2.05) is 0 Å². The molecule has 1 N–H and O–H groups in total. The van der Waals surface area contributed by atoms with Gasteiger partial charge in [0.2, 0.25) is 0 Å². The molecule has 3 atom stereocenters. The van der Waals surface area contributed by atoms with E-state index in [1.165, 1.54) is 44.1 Å². The Morgan fingerprint density at radius 2 is 1.81 bits per heavy atom. The first-order chi connectivity index (χ1) is 10.3. The summed E-state index contributed by atoms with van der Waals surface area (Å²) in [6.07, 6.45) is 8.54. The average Bonchev–Trinajstić information content (AvgIpc) is 3.42. The van der Waals surface area contributed by atoms with E-state index < -0.39 is 0 Å². The van der Waals surface area contributed by atoms with Gasteiger partial charge in [-0.25, -0.2) is 0 Å². The van der Waals surface area contributed by atoms with Crippen molar-refractivity contribution >= 4 is 0 Å². The molecule has 0 heterocycles. The lowest BCUT2D eigenvalue weighted by Gasteiger charge is -2.26. The summed E-state index contributed by atoms with van der Waals surface area (Å²) in [5.41, 5.74) is 1.46. The fraction of sp³-hybridized carbons (Fsp3) is 0.684. The van der Waals surface area contributed by atoms with Crippen LogP contribution in [0.25, 0.3) is 0 Å². The molecular weight excluding hydrogens is 258 g/mol. The third-order valence-electron chi connectivity index (χ3n) is 5.43. The van der Waals surface area contributed by atoms with E-state index in [0.717, 1.165) is 30.0 Å². The third-order valence-corrected chi connectivity index (χ3v) is 5.43. The highest BCUT2D eigenvalue weighted by Gasteiger charge is 2.47. The molecule has 0 spiro atoms. The van der Waals surface area contributed by atoms with Gasteiger partial charge in [-0.15, -0.1) is 0 Å². The Morgan fingerprint density at radius 3 is 2.43 bits per heavy atom. The van der Waals surface area contributed by atoms with Crippen LogP contribution >= 0.6 is 0 Å². The van der Waals surface area contributed by atoms with Crippen molar-refractivity contribution in [1.29, 1.82) is 0 Å². The average molecular weight is 285 g/mol. The van der Waals surface area contributed by atoms with E-state index in [2.05, 4.69) is 36.5 Å². The van der Waals surface area contributed by atoms with Gasteiger partial charge >= 0.3 is 0 Å². The van der Waals surface area contributed by atoms with Gasteiger partial charge in [-0.2, -0.15) is 0 Å². The van der Waals surface area contributed by atoms with E-state index in [1.54, 1.807) is 0 Å². The largest absolute Gasteiger partial charge is 0.490 e. The van der Waals surface area contributed by atoms with Crippen molar-refractivity contribution in [2.24, 2.45) is 17.8 Å². The molecule has 4 rings (SSSR count). The molecule has 2 nitrogen and oxygen atoms in total. The van der Waals surface area contributed by atoms with E-state index in [-0.39, 0.29) is 0 Å². The number of fused-ring (bicyclic) bond motifs is 1. The molecule has 0 saturated heterocycles. The van der Waals surface area contributed by atoms with Crippen molar-refractivity contribution in [3.63, 3.8) is 0 Å². The second kappa shape index (κ2) is 5.64. The minimum Gasteiger partial charge on any atom is -0.490 e. The number of benzene rings is 1. The van der Waals surface area contributed by atoms with Gasteiger partial charge < -0.3 is 10.1 Å². The van der Waals surface area contributed by atoms with Crippen LogP contribution in [-0.2, 0) is 0 Å². The van der Waals surface area contributed by atoms with Crippen molar-refractivity contribution in [2.75, 3.05) is 6.54 Å². The van der Waals surface area contributed by atoms with Crippen molar-refractivity contribution in [3.05, 3.63) is 29.8 Å². The molecule has 3 saturated carbocycles. The second-order valence-electron chi connectivity index (χ2n) is 7.31. The predicted molar refractivity (Wildman–Crippen MR) is 85.4 cm³/mol. The highest BCUT2D eigenvalue weighted by atomic mass is 16.5. The number of ether oxygens (including phenoxy) is 1. The third kappa shape index (κ3) is 3.11. The molecule has 114 valence electrons. The molecular formula is C19H27NO. The summed E-state index contributed by atoms with van der Waals surface area (Å²) in [5.74, 6) is 4.00. The Labute approximate surface area is 128 Å². The first kappa shape index (κ1) is 13.6. The first-order valence-electron chi connectivity index (χ1n) is 8.83. The maximum absolute atomic E-state index is 5.87. The van der Waals surface area contributed by atoms with E-state index in [0.29, 0.717) is 12.1 Å². The molecule has 3 aliphatic carbocycles. The highest BCUT2D eigenvalue weighted by molar-refractivity contribution is 5.30. The van der Waals surface area contributed by atoms with Gasteiger partial charge in [-0.05, 0) is 80.5 Å². The van der Waals surface area contributed by atoms with Gasteiger partial charge in [-0.1, -0.05) is 19.1 Å². The van der Waals surface area contributed by atoms with Crippen LogP contribution in [0.3, 0.4) is 0 Å². The molecule has 0 aliphatic heterocycles. The standard InChI is InChI=1S/C19H27NO/c1-2-9-20-19(16-11-14-10-15(14)12-16)13-3-5-17(6-4-13)21-18-7-8-18/h3-6,14-16,18-20H,2,7-12H2,1H3. The SMILES string of the molecule is CCCNC(c1ccc(OC2CC2)cc1)C1CC2CC2C1. The van der Waals surface area contributed by atoms with Gasteiger partial charge in [-0.3, -0.25) is 0 Å². The summed E-state index contributed by atoms with van der Waals surface area (Å²) in [6, 6.07) is 9.46. The summed E-state index contributed by atoms with van der Waals surface area (Å²) < 4.78 is 5.87. The van der Waals surface area contributed by atoms with Gasteiger partial charge in [0, 0.05) is 6.04 Å². The van der Waals surface area contributed by atoms with Crippen LogP contribution in [0.4, 0.5) is 0 Å². The Balaban J connectivity index is 1.45. The Kier molecular flexibility index (Phi) is 3.66. The van der Waals surface area contributed by atoms with Crippen LogP contribution in [0.2, 0.25) is 0 Å². The molecule has 1 aromatic rings. The van der Waals surface area contributed by atoms with E-state index in [4.69, 9.17) is 4.74 Å². The van der Waals surface area contributed by atoms with Crippen LogP contribution in [0, 0.1) is 17.8 Å². The first-order valence-corrected chi connectivity index (χ1v) is 8.83. The normalized spacial score (nSPS) is 31.8. The van der Waals surface area contributed by atoms with Crippen molar-refractivity contribution < 1.29 is 4.74 Å². The molecule has 21 heavy (non-hydrogen) atoms. The maximum Gasteiger partial charge on any atom is 0.119 e. The quantitative estimate of drug-likeness (QED) is 0.806. The molecule has 0 radical (unpaired) electrons. The van der Waals surface area contributed by atoms with Gasteiger partial charge in [0.05, 0.1) is 6.10 Å². The molecule has 0 aromatic heterocycles. The van der Waals surface area contributed by atoms with Crippen molar-refractivity contribution in [2.45, 2.75) is 57.6 Å². The molecule has 0 bridgehead atoms. The van der Waals surface area contributed by atoms with Crippen LogP contribution in [0.1, 0.15) is 57.1 Å². The summed E-state index contributed by atoms with van der Waals surface area (Å²) >= 11 is 0. The molecule has 2 heteroatoms. The monoisotopic (exact) mass is 285 g/mol. The van der Waals surface area contributed by atoms with E-state index >= 15 is 0 Å². The lowest BCUT2D eigenvalue weighted by Crippen LogP contribution is -2.28. The van der Waals surface area contributed by atoms with Crippen LogP contribution in [0.5, 0.6) is 5.75 Å². The number of hydrogen-bond donors (Lipinski definition) is 1. The lowest BCUT2D eigenvalue weighted by atomic mass is 9.89. The molecule has 1 aromatic carbocycles. The van der Waals surface area contributed by atoms with Gasteiger partial charge in [0.15, 0.2) is 0 Å². The minimum absolute atomic E-state index is 0.492. The molecule has 3 fully saturated rings. The smallest absolute Gasteiger partial charge is 0.119 e.